The fourth-order valence-corrected chi connectivity index (χ4v) is 2.59. The number of fused-ring (bicyclic) bond motifs is 1. The Hall–Kier alpha value is -1.32. The molecule has 1 heterocycles. The molecule has 0 bridgehead atoms. The highest BCUT2D eigenvalue weighted by molar-refractivity contribution is 5.76. The Morgan fingerprint density at radius 3 is 2.67 bits per heavy atom. The minimum absolute atomic E-state index is 0.231. The minimum Gasteiger partial charge on any atom is -0.346 e. The predicted molar refractivity (Wildman–Crippen MR) is 71.5 cm³/mol. The molecule has 0 aliphatic heterocycles. The molecule has 0 unspecified atom stereocenters. The molecular weight excluding hydrogens is 226 g/mol. The third-order valence-electron chi connectivity index (χ3n) is 3.70. The molecule has 100 valence electrons. The summed E-state index contributed by atoms with van der Waals surface area (Å²) in [4.78, 5) is 21.8. The molecule has 0 aromatic carbocycles. The highest BCUT2D eigenvalue weighted by atomic mass is 16.2. The summed E-state index contributed by atoms with van der Waals surface area (Å²) in [6.45, 7) is 5.63. The average molecular weight is 249 g/mol. The van der Waals surface area contributed by atoms with Gasteiger partial charge in [-0.2, -0.15) is 0 Å². The smallest absolute Gasteiger partial charge is 0.222 e. The number of H-pyrrole nitrogens is 1. The van der Waals surface area contributed by atoms with Crippen LogP contribution in [0.2, 0.25) is 0 Å². The Kier molecular flexibility index (Phi) is 4.39. The number of aryl methyl sites for hydroxylation is 3. The second kappa shape index (κ2) is 6.03. The summed E-state index contributed by atoms with van der Waals surface area (Å²) < 4.78 is 0. The first-order valence-electron chi connectivity index (χ1n) is 7.09. The lowest BCUT2D eigenvalue weighted by Crippen LogP contribution is -2.30. The van der Waals surface area contributed by atoms with E-state index < -0.39 is 0 Å². The normalized spacial score (nSPS) is 14.3. The summed E-state index contributed by atoms with van der Waals surface area (Å²) in [6.07, 6.45) is 6.02. The van der Waals surface area contributed by atoms with Crippen molar-refractivity contribution >= 4 is 5.91 Å². The van der Waals surface area contributed by atoms with Gasteiger partial charge in [-0.05, 0) is 39.5 Å². The summed E-state index contributed by atoms with van der Waals surface area (Å²) in [5.41, 5.74) is 2.53. The molecule has 4 heteroatoms. The van der Waals surface area contributed by atoms with Crippen molar-refractivity contribution in [3.8, 4) is 0 Å². The molecule has 0 saturated heterocycles. The number of hydrogen-bond donors (Lipinski definition) is 1. The first-order chi connectivity index (χ1) is 8.74. The Balaban J connectivity index is 1.90. The Labute approximate surface area is 109 Å². The van der Waals surface area contributed by atoms with Crippen LogP contribution in [-0.2, 0) is 24.1 Å². The largest absolute Gasteiger partial charge is 0.346 e. The van der Waals surface area contributed by atoms with Crippen LogP contribution >= 0.6 is 0 Å². The Bertz CT molecular complexity index is 384. The molecule has 18 heavy (non-hydrogen) atoms. The second-order valence-corrected chi connectivity index (χ2v) is 4.88. The molecule has 0 radical (unpaired) electrons. The third-order valence-corrected chi connectivity index (χ3v) is 3.70. The maximum Gasteiger partial charge on any atom is 0.222 e. The first kappa shape index (κ1) is 13.1. The van der Waals surface area contributed by atoms with E-state index in [1.54, 1.807) is 0 Å². The van der Waals surface area contributed by atoms with E-state index in [0.29, 0.717) is 6.42 Å². The fourth-order valence-electron chi connectivity index (χ4n) is 2.59. The van der Waals surface area contributed by atoms with Crippen molar-refractivity contribution in [2.45, 2.75) is 52.4 Å². The standard InChI is InChI=1S/C14H23N3O/c1-3-17(4-2)14(18)10-9-13-15-11-7-5-6-8-12(11)16-13/h3-10H2,1-2H3,(H,15,16). The van der Waals surface area contributed by atoms with E-state index in [1.165, 1.54) is 24.2 Å². The van der Waals surface area contributed by atoms with Crippen molar-refractivity contribution in [2.75, 3.05) is 13.1 Å². The van der Waals surface area contributed by atoms with E-state index in [4.69, 9.17) is 0 Å². The number of rotatable bonds is 5. The van der Waals surface area contributed by atoms with Crippen LogP contribution in [0.5, 0.6) is 0 Å². The lowest BCUT2D eigenvalue weighted by Gasteiger charge is -2.17. The SMILES string of the molecule is CCN(CC)C(=O)CCc1nc2c([nH]1)CCCC2. The van der Waals surface area contributed by atoms with Gasteiger partial charge in [-0.1, -0.05) is 0 Å². The van der Waals surface area contributed by atoms with E-state index in [-0.39, 0.29) is 5.91 Å². The zero-order valence-corrected chi connectivity index (χ0v) is 11.5. The zero-order chi connectivity index (χ0) is 13.0. The number of imidazole rings is 1. The number of carbonyl (C=O) groups is 1. The fraction of sp³-hybridized carbons (Fsp3) is 0.714. The first-order valence-corrected chi connectivity index (χ1v) is 7.09. The number of aromatic amines is 1. The average Bonchev–Trinajstić information content (AvgIpc) is 2.80. The van der Waals surface area contributed by atoms with Crippen LogP contribution in [0.15, 0.2) is 0 Å². The van der Waals surface area contributed by atoms with Crippen molar-refractivity contribution in [1.29, 1.82) is 0 Å². The van der Waals surface area contributed by atoms with Crippen LogP contribution in [0.4, 0.5) is 0 Å². The minimum atomic E-state index is 0.231. The lowest BCUT2D eigenvalue weighted by atomic mass is 10.0. The molecule has 1 aliphatic carbocycles. The quantitative estimate of drug-likeness (QED) is 0.868. The molecule has 0 spiro atoms. The van der Waals surface area contributed by atoms with Crippen LogP contribution in [-0.4, -0.2) is 33.9 Å². The van der Waals surface area contributed by atoms with Crippen molar-refractivity contribution in [1.82, 2.24) is 14.9 Å². The van der Waals surface area contributed by atoms with Crippen molar-refractivity contribution in [3.63, 3.8) is 0 Å². The van der Waals surface area contributed by atoms with Gasteiger partial charge in [0.15, 0.2) is 0 Å². The van der Waals surface area contributed by atoms with Gasteiger partial charge in [-0.15, -0.1) is 0 Å². The molecule has 1 amide bonds. The Morgan fingerprint density at radius 2 is 2.00 bits per heavy atom. The molecule has 1 aliphatic rings. The van der Waals surface area contributed by atoms with Gasteiger partial charge in [0.2, 0.25) is 5.91 Å². The molecule has 2 rings (SSSR count). The highest BCUT2D eigenvalue weighted by Crippen LogP contribution is 2.19. The maximum atomic E-state index is 11.9. The monoisotopic (exact) mass is 249 g/mol. The summed E-state index contributed by atoms with van der Waals surface area (Å²) in [5, 5.41) is 0. The van der Waals surface area contributed by atoms with Gasteiger partial charge in [0.05, 0.1) is 5.69 Å². The number of amides is 1. The zero-order valence-electron chi connectivity index (χ0n) is 11.5. The molecule has 0 atom stereocenters. The molecule has 1 aromatic rings. The molecule has 1 N–H and O–H groups in total. The van der Waals surface area contributed by atoms with E-state index >= 15 is 0 Å². The van der Waals surface area contributed by atoms with Crippen molar-refractivity contribution in [3.05, 3.63) is 17.2 Å². The molecular formula is C14H23N3O. The van der Waals surface area contributed by atoms with Crippen LogP contribution in [0, 0.1) is 0 Å². The Morgan fingerprint density at radius 1 is 1.28 bits per heavy atom. The topological polar surface area (TPSA) is 49.0 Å². The van der Waals surface area contributed by atoms with Gasteiger partial charge < -0.3 is 9.88 Å². The molecule has 0 saturated carbocycles. The van der Waals surface area contributed by atoms with E-state index in [0.717, 1.165) is 38.2 Å². The lowest BCUT2D eigenvalue weighted by molar-refractivity contribution is -0.130. The maximum absolute atomic E-state index is 11.9. The van der Waals surface area contributed by atoms with Gasteiger partial charge in [0, 0.05) is 31.6 Å². The van der Waals surface area contributed by atoms with Crippen LogP contribution in [0.3, 0.4) is 0 Å². The van der Waals surface area contributed by atoms with Gasteiger partial charge in [0.25, 0.3) is 0 Å². The van der Waals surface area contributed by atoms with Crippen molar-refractivity contribution < 1.29 is 4.79 Å². The van der Waals surface area contributed by atoms with Gasteiger partial charge >= 0.3 is 0 Å². The second-order valence-electron chi connectivity index (χ2n) is 4.88. The number of nitrogens with one attached hydrogen (secondary N) is 1. The van der Waals surface area contributed by atoms with Gasteiger partial charge in [0.1, 0.15) is 5.82 Å². The summed E-state index contributed by atoms with van der Waals surface area (Å²) in [5.74, 6) is 1.22. The molecule has 1 aromatic heterocycles. The van der Waals surface area contributed by atoms with Crippen LogP contribution in [0.25, 0.3) is 0 Å². The number of nitrogens with zero attached hydrogens (tertiary/aromatic N) is 2. The van der Waals surface area contributed by atoms with Crippen LogP contribution in [0.1, 0.15) is 50.3 Å². The van der Waals surface area contributed by atoms with E-state index in [2.05, 4.69) is 9.97 Å². The van der Waals surface area contributed by atoms with Crippen LogP contribution < -0.4 is 0 Å². The van der Waals surface area contributed by atoms with Gasteiger partial charge in [-0.3, -0.25) is 4.79 Å². The summed E-state index contributed by atoms with van der Waals surface area (Å²) >= 11 is 0. The summed E-state index contributed by atoms with van der Waals surface area (Å²) in [7, 11) is 0. The number of hydrogen-bond acceptors (Lipinski definition) is 2. The third kappa shape index (κ3) is 2.92. The number of carbonyl (C=O) groups excluding carboxylic acids is 1. The molecule has 4 nitrogen and oxygen atoms in total. The highest BCUT2D eigenvalue weighted by Gasteiger charge is 2.15. The van der Waals surface area contributed by atoms with E-state index in [9.17, 15) is 4.79 Å². The molecule has 0 fully saturated rings. The van der Waals surface area contributed by atoms with Crippen molar-refractivity contribution in [2.24, 2.45) is 0 Å². The summed E-state index contributed by atoms with van der Waals surface area (Å²) in [6, 6.07) is 0. The predicted octanol–water partition coefficient (Wildman–Crippen LogP) is 2.09. The van der Waals surface area contributed by atoms with Gasteiger partial charge in [-0.25, -0.2) is 4.98 Å². The number of aromatic nitrogens is 2. The van der Waals surface area contributed by atoms with E-state index in [1.807, 2.05) is 18.7 Å².